The van der Waals surface area contributed by atoms with Gasteiger partial charge in [0.1, 0.15) is 18.0 Å². The van der Waals surface area contributed by atoms with Gasteiger partial charge in [-0.1, -0.05) is 20.3 Å². The maximum absolute atomic E-state index is 15.2. The monoisotopic (exact) mass is 493 g/mol. The molecule has 1 N–H and O–H groups in total. The number of anilines is 1. The van der Waals surface area contributed by atoms with Gasteiger partial charge in [0.15, 0.2) is 23.2 Å². The predicted octanol–water partition coefficient (Wildman–Crippen LogP) is 5.11. The van der Waals surface area contributed by atoms with Gasteiger partial charge in [-0.2, -0.15) is 10.4 Å². The topological polar surface area (TPSA) is 104 Å². The molecular weight excluding hydrogens is 464 g/mol. The highest BCUT2D eigenvalue weighted by Crippen LogP contribution is 2.46. The van der Waals surface area contributed by atoms with Gasteiger partial charge in [0, 0.05) is 12.1 Å². The molecule has 0 bridgehead atoms. The zero-order valence-electron chi connectivity index (χ0n) is 20.4. The maximum Gasteiger partial charge on any atom is 0.198 e. The van der Waals surface area contributed by atoms with Crippen molar-refractivity contribution < 1.29 is 13.9 Å². The van der Waals surface area contributed by atoms with E-state index in [2.05, 4.69) is 39.0 Å². The van der Waals surface area contributed by atoms with Gasteiger partial charge < -0.3 is 10.0 Å². The molecule has 36 heavy (non-hydrogen) atoms. The number of aromatic nitrogens is 5. The standard InChI is InChI=1S/C26H29F2N7O/c1-3-9-26(2)10-8-19(27)22(12-26)35(16-4-5-16)24-14-30-25(32-31-24)18-7-6-17(11-23(18)36)34-15-20(28)21(13-29)33-34/h6-7,11,14-16,19,22,36H,3-5,8-10,12H2,1-2H3/t19-,22+,26+/m0/s1. The molecular formula is C26H29F2N7O. The summed E-state index contributed by atoms with van der Waals surface area (Å²) in [6, 6.07) is 6.27. The molecule has 188 valence electrons. The van der Waals surface area contributed by atoms with Gasteiger partial charge in [0.25, 0.3) is 0 Å². The Morgan fingerprint density at radius 1 is 1.28 bits per heavy atom. The van der Waals surface area contributed by atoms with Crippen LogP contribution in [0.5, 0.6) is 5.75 Å². The van der Waals surface area contributed by atoms with Crippen molar-refractivity contribution in [1.82, 2.24) is 25.0 Å². The normalized spacial score (nSPS) is 23.9. The van der Waals surface area contributed by atoms with Crippen LogP contribution in [0.25, 0.3) is 17.1 Å². The highest BCUT2D eigenvalue weighted by molar-refractivity contribution is 5.66. The van der Waals surface area contributed by atoms with E-state index >= 15 is 4.39 Å². The quantitative estimate of drug-likeness (QED) is 0.488. The third-order valence-electron chi connectivity index (χ3n) is 7.37. The largest absolute Gasteiger partial charge is 0.507 e. The fourth-order valence-electron chi connectivity index (χ4n) is 5.42. The predicted molar refractivity (Wildman–Crippen MR) is 130 cm³/mol. The number of hydrogen-bond acceptors (Lipinski definition) is 7. The second kappa shape index (κ2) is 9.45. The summed E-state index contributed by atoms with van der Waals surface area (Å²) < 4.78 is 30.1. The number of nitriles is 1. The fraction of sp³-hybridized carbons (Fsp3) is 0.500. The Hall–Kier alpha value is -3.61. The molecule has 0 radical (unpaired) electrons. The first-order valence-corrected chi connectivity index (χ1v) is 12.4. The minimum Gasteiger partial charge on any atom is -0.507 e. The van der Waals surface area contributed by atoms with Crippen LogP contribution >= 0.6 is 0 Å². The van der Waals surface area contributed by atoms with E-state index in [1.807, 2.05) is 0 Å². The molecule has 2 aliphatic carbocycles. The summed E-state index contributed by atoms with van der Waals surface area (Å²) in [4.78, 5) is 6.53. The van der Waals surface area contributed by atoms with Crippen LogP contribution in [0, 0.1) is 22.6 Å². The lowest BCUT2D eigenvalue weighted by atomic mass is 9.70. The summed E-state index contributed by atoms with van der Waals surface area (Å²) in [5.41, 5.74) is 0.517. The second-order valence-corrected chi connectivity index (χ2v) is 10.2. The summed E-state index contributed by atoms with van der Waals surface area (Å²) in [6.07, 6.45) is 8.16. The lowest BCUT2D eigenvalue weighted by molar-refractivity contribution is 0.0994. The van der Waals surface area contributed by atoms with Crippen LogP contribution in [-0.2, 0) is 0 Å². The molecule has 2 aliphatic rings. The Bertz CT molecular complexity index is 1280. The average molecular weight is 494 g/mol. The third kappa shape index (κ3) is 4.62. The van der Waals surface area contributed by atoms with Crippen LogP contribution in [0.2, 0.25) is 0 Å². The number of phenols is 1. The van der Waals surface area contributed by atoms with Crippen molar-refractivity contribution >= 4 is 5.82 Å². The molecule has 10 heteroatoms. The second-order valence-electron chi connectivity index (χ2n) is 10.2. The number of halogens is 2. The molecule has 2 aromatic heterocycles. The molecule has 3 atom stereocenters. The van der Waals surface area contributed by atoms with Gasteiger partial charge in [0.2, 0.25) is 0 Å². The van der Waals surface area contributed by atoms with Gasteiger partial charge in [0.05, 0.1) is 29.7 Å². The number of alkyl halides is 1. The van der Waals surface area contributed by atoms with E-state index < -0.39 is 12.0 Å². The van der Waals surface area contributed by atoms with Crippen LogP contribution in [-0.4, -0.2) is 48.3 Å². The Morgan fingerprint density at radius 2 is 2.08 bits per heavy atom. The molecule has 0 amide bonds. The average Bonchev–Trinajstić information content (AvgIpc) is 3.62. The van der Waals surface area contributed by atoms with Gasteiger partial charge in [-0.15, -0.1) is 10.2 Å². The van der Waals surface area contributed by atoms with Crippen molar-refractivity contribution in [2.75, 3.05) is 4.90 Å². The molecule has 2 saturated carbocycles. The van der Waals surface area contributed by atoms with Crippen molar-refractivity contribution in [2.24, 2.45) is 5.41 Å². The van der Waals surface area contributed by atoms with E-state index in [1.54, 1.807) is 24.4 Å². The number of hydrogen-bond donors (Lipinski definition) is 1. The van der Waals surface area contributed by atoms with E-state index in [0.717, 1.165) is 44.7 Å². The number of nitrogens with zero attached hydrogens (tertiary/aromatic N) is 7. The Kier molecular flexibility index (Phi) is 6.33. The lowest BCUT2D eigenvalue weighted by Gasteiger charge is -2.45. The summed E-state index contributed by atoms with van der Waals surface area (Å²) in [5.74, 6) is -0.101. The zero-order chi connectivity index (χ0) is 25.4. The van der Waals surface area contributed by atoms with E-state index in [-0.39, 0.29) is 34.8 Å². The first-order chi connectivity index (χ1) is 17.3. The van der Waals surface area contributed by atoms with Crippen molar-refractivity contribution in [3.63, 3.8) is 0 Å². The molecule has 1 aromatic carbocycles. The number of phenolic OH excluding ortho intramolecular Hbond substituents is 1. The molecule has 5 rings (SSSR count). The van der Waals surface area contributed by atoms with Crippen molar-refractivity contribution in [3.05, 3.63) is 42.1 Å². The molecule has 2 heterocycles. The van der Waals surface area contributed by atoms with E-state index in [9.17, 15) is 9.50 Å². The van der Waals surface area contributed by atoms with Crippen LogP contribution in [0.15, 0.2) is 30.6 Å². The van der Waals surface area contributed by atoms with Crippen LogP contribution in [0.3, 0.4) is 0 Å². The van der Waals surface area contributed by atoms with E-state index in [0.29, 0.717) is 23.5 Å². The van der Waals surface area contributed by atoms with Gasteiger partial charge >= 0.3 is 0 Å². The Morgan fingerprint density at radius 3 is 2.69 bits per heavy atom. The first kappa shape index (κ1) is 24.1. The molecule has 0 unspecified atom stereocenters. The summed E-state index contributed by atoms with van der Waals surface area (Å²) in [5, 5.41) is 32.0. The van der Waals surface area contributed by atoms with Gasteiger partial charge in [-0.3, -0.25) is 0 Å². The smallest absolute Gasteiger partial charge is 0.198 e. The summed E-state index contributed by atoms with van der Waals surface area (Å²) in [6.45, 7) is 4.44. The van der Waals surface area contributed by atoms with E-state index in [4.69, 9.17) is 5.26 Å². The van der Waals surface area contributed by atoms with Crippen molar-refractivity contribution in [1.29, 1.82) is 5.26 Å². The molecule has 8 nitrogen and oxygen atoms in total. The zero-order valence-corrected chi connectivity index (χ0v) is 20.4. The van der Waals surface area contributed by atoms with Gasteiger partial charge in [-0.25, -0.2) is 18.4 Å². The molecule has 3 aromatic rings. The molecule has 0 aliphatic heterocycles. The number of rotatable bonds is 7. The Labute approximate surface area is 208 Å². The van der Waals surface area contributed by atoms with Crippen molar-refractivity contribution in [3.8, 4) is 28.9 Å². The minimum absolute atomic E-state index is 0.120. The van der Waals surface area contributed by atoms with E-state index in [1.165, 1.54) is 10.7 Å². The van der Waals surface area contributed by atoms with Crippen LogP contribution in [0.1, 0.15) is 64.5 Å². The summed E-state index contributed by atoms with van der Waals surface area (Å²) >= 11 is 0. The molecule has 0 saturated heterocycles. The fourth-order valence-corrected chi connectivity index (χ4v) is 5.42. The molecule has 0 spiro atoms. The SMILES string of the molecule is CCC[C@]1(C)CC[C@H](F)[C@H](N(c2cnc(-c3ccc(-n4cc(F)c(C#N)n4)cc3O)nn2)C2CC2)C1. The molecule has 2 fully saturated rings. The van der Waals surface area contributed by atoms with Crippen LogP contribution in [0.4, 0.5) is 14.6 Å². The van der Waals surface area contributed by atoms with Crippen LogP contribution < -0.4 is 4.90 Å². The minimum atomic E-state index is -0.915. The lowest BCUT2D eigenvalue weighted by Crippen LogP contribution is -2.50. The van der Waals surface area contributed by atoms with Gasteiger partial charge in [-0.05, 0) is 56.1 Å². The first-order valence-electron chi connectivity index (χ1n) is 12.4. The number of benzene rings is 1. The van der Waals surface area contributed by atoms with Crippen molar-refractivity contribution in [2.45, 2.75) is 77.0 Å². The maximum atomic E-state index is 15.2. The highest BCUT2D eigenvalue weighted by atomic mass is 19.1. The Balaban J connectivity index is 1.39. The highest BCUT2D eigenvalue weighted by Gasteiger charge is 2.45. The third-order valence-corrected chi connectivity index (χ3v) is 7.37. The summed E-state index contributed by atoms with van der Waals surface area (Å²) in [7, 11) is 0. The number of aromatic hydroxyl groups is 1.